The summed E-state index contributed by atoms with van der Waals surface area (Å²) in [5.74, 6) is 0.284. The molecule has 0 bridgehead atoms. The van der Waals surface area contributed by atoms with Gasteiger partial charge in [0.05, 0.1) is 5.56 Å². The van der Waals surface area contributed by atoms with E-state index < -0.39 is 0 Å². The number of anilines is 1. The molecule has 1 aliphatic rings. The van der Waals surface area contributed by atoms with Crippen LogP contribution in [-0.2, 0) is 0 Å². The predicted molar refractivity (Wildman–Crippen MR) is 109 cm³/mol. The molecule has 146 valence electrons. The minimum absolute atomic E-state index is 0.219. The minimum Gasteiger partial charge on any atom is -0.455 e. The first-order chi connectivity index (χ1) is 13.6. The fourth-order valence-corrected chi connectivity index (χ4v) is 3.99. The van der Waals surface area contributed by atoms with Gasteiger partial charge in [0.1, 0.15) is 17.2 Å². The van der Waals surface area contributed by atoms with Crippen molar-refractivity contribution in [1.29, 1.82) is 0 Å². The molecule has 1 saturated heterocycles. The lowest BCUT2D eigenvalue weighted by Gasteiger charge is -2.25. The van der Waals surface area contributed by atoms with E-state index >= 15 is 0 Å². The fraction of sp³-hybridized carbons (Fsp3) is 0.318. The second-order valence-corrected chi connectivity index (χ2v) is 7.12. The Kier molecular flexibility index (Phi) is 5.05. The Bertz CT molecular complexity index is 1000. The first-order valence-corrected chi connectivity index (χ1v) is 9.59. The Morgan fingerprint density at radius 2 is 2.00 bits per heavy atom. The molecule has 4 rings (SSSR count). The van der Waals surface area contributed by atoms with E-state index in [9.17, 15) is 9.18 Å². The minimum atomic E-state index is -0.328. The van der Waals surface area contributed by atoms with Gasteiger partial charge in [-0.05, 0) is 61.2 Å². The number of nitrogens with one attached hydrogen (secondary N) is 3. The van der Waals surface area contributed by atoms with Crippen LogP contribution in [0.5, 0.6) is 0 Å². The SMILES string of the molecule is CNC(=O)c1c(-c2ccc(F)cc2)oc2cc(NC)c(C3CCCNC3)cc12. The van der Waals surface area contributed by atoms with Gasteiger partial charge in [0.2, 0.25) is 0 Å². The van der Waals surface area contributed by atoms with Crippen LogP contribution in [0.25, 0.3) is 22.3 Å². The maximum atomic E-state index is 13.4. The molecule has 1 fully saturated rings. The third-order valence-electron chi connectivity index (χ3n) is 5.43. The van der Waals surface area contributed by atoms with E-state index in [4.69, 9.17) is 4.42 Å². The molecular formula is C22H24FN3O2. The molecule has 1 atom stereocenters. The summed E-state index contributed by atoms with van der Waals surface area (Å²) < 4.78 is 19.5. The summed E-state index contributed by atoms with van der Waals surface area (Å²) in [6, 6.07) is 10.0. The van der Waals surface area contributed by atoms with Crippen molar-refractivity contribution in [2.24, 2.45) is 0 Å². The van der Waals surface area contributed by atoms with Crippen molar-refractivity contribution in [2.75, 3.05) is 32.5 Å². The molecule has 0 radical (unpaired) electrons. The standard InChI is InChI=1S/C22H24FN3O2/c1-24-18-11-19-17(10-16(18)14-4-3-9-26-12-14)20(22(27)25-2)21(28-19)13-5-7-15(23)8-6-13/h5-8,10-11,14,24,26H,3-4,9,12H2,1-2H3,(H,25,27). The number of carbonyl (C=O) groups excluding carboxylic acids is 1. The Morgan fingerprint density at radius 3 is 2.64 bits per heavy atom. The molecule has 1 aliphatic heterocycles. The van der Waals surface area contributed by atoms with Gasteiger partial charge in [-0.1, -0.05) is 0 Å². The zero-order chi connectivity index (χ0) is 19.7. The van der Waals surface area contributed by atoms with Crippen LogP contribution in [0.2, 0.25) is 0 Å². The number of rotatable bonds is 4. The molecule has 5 nitrogen and oxygen atoms in total. The van der Waals surface area contributed by atoms with E-state index in [0.29, 0.717) is 28.4 Å². The molecule has 1 unspecified atom stereocenters. The van der Waals surface area contributed by atoms with Crippen LogP contribution < -0.4 is 16.0 Å². The van der Waals surface area contributed by atoms with Crippen LogP contribution in [0.15, 0.2) is 40.8 Å². The highest BCUT2D eigenvalue weighted by molar-refractivity contribution is 6.11. The fourth-order valence-electron chi connectivity index (χ4n) is 3.99. The van der Waals surface area contributed by atoms with E-state index in [1.807, 2.05) is 13.1 Å². The van der Waals surface area contributed by atoms with Crippen molar-refractivity contribution in [3.05, 3.63) is 53.3 Å². The maximum Gasteiger partial charge on any atom is 0.255 e. The molecule has 28 heavy (non-hydrogen) atoms. The Balaban J connectivity index is 1.93. The lowest BCUT2D eigenvalue weighted by atomic mass is 9.89. The molecule has 3 N–H and O–H groups in total. The molecular weight excluding hydrogens is 357 g/mol. The number of amides is 1. The van der Waals surface area contributed by atoms with E-state index in [0.717, 1.165) is 37.0 Å². The molecule has 1 aromatic heterocycles. The van der Waals surface area contributed by atoms with Crippen molar-refractivity contribution in [3.8, 4) is 11.3 Å². The average Bonchev–Trinajstić information content (AvgIpc) is 3.11. The highest BCUT2D eigenvalue weighted by Crippen LogP contribution is 2.39. The number of carbonyl (C=O) groups is 1. The van der Waals surface area contributed by atoms with Crippen LogP contribution in [0, 0.1) is 5.82 Å². The molecule has 0 spiro atoms. The smallest absolute Gasteiger partial charge is 0.255 e. The molecule has 3 aromatic rings. The molecule has 2 aromatic carbocycles. The van der Waals surface area contributed by atoms with E-state index in [1.54, 1.807) is 19.2 Å². The first kappa shape index (κ1) is 18.5. The third-order valence-corrected chi connectivity index (χ3v) is 5.43. The zero-order valence-corrected chi connectivity index (χ0v) is 16.1. The van der Waals surface area contributed by atoms with Gasteiger partial charge in [0, 0.05) is 43.3 Å². The van der Waals surface area contributed by atoms with Crippen LogP contribution in [-0.4, -0.2) is 33.1 Å². The summed E-state index contributed by atoms with van der Waals surface area (Å²) >= 11 is 0. The van der Waals surface area contributed by atoms with Gasteiger partial charge >= 0.3 is 0 Å². The highest BCUT2D eigenvalue weighted by atomic mass is 19.1. The van der Waals surface area contributed by atoms with Crippen LogP contribution >= 0.6 is 0 Å². The van der Waals surface area contributed by atoms with Crippen LogP contribution in [0.1, 0.15) is 34.7 Å². The molecule has 0 saturated carbocycles. The van der Waals surface area contributed by atoms with Gasteiger partial charge in [-0.3, -0.25) is 4.79 Å². The molecule has 0 aliphatic carbocycles. The summed E-state index contributed by atoms with van der Waals surface area (Å²) in [4.78, 5) is 12.7. The number of fused-ring (bicyclic) bond motifs is 1. The molecule has 2 heterocycles. The van der Waals surface area contributed by atoms with Crippen molar-refractivity contribution in [3.63, 3.8) is 0 Å². The Morgan fingerprint density at radius 1 is 1.21 bits per heavy atom. The van der Waals surface area contributed by atoms with E-state index in [1.165, 1.54) is 17.7 Å². The van der Waals surface area contributed by atoms with Gasteiger partial charge in [-0.15, -0.1) is 0 Å². The second kappa shape index (κ2) is 7.64. The summed E-state index contributed by atoms with van der Waals surface area (Å²) in [6.45, 7) is 1.95. The summed E-state index contributed by atoms with van der Waals surface area (Å²) in [7, 11) is 3.49. The zero-order valence-electron chi connectivity index (χ0n) is 16.1. The molecule has 6 heteroatoms. The number of hydrogen-bond donors (Lipinski definition) is 3. The van der Waals surface area contributed by atoms with Crippen LogP contribution in [0.3, 0.4) is 0 Å². The van der Waals surface area contributed by atoms with E-state index in [2.05, 4.69) is 22.0 Å². The van der Waals surface area contributed by atoms with Gasteiger partial charge in [0.15, 0.2) is 0 Å². The normalized spacial score (nSPS) is 16.9. The van der Waals surface area contributed by atoms with Gasteiger partial charge < -0.3 is 20.4 Å². The lowest BCUT2D eigenvalue weighted by molar-refractivity contribution is 0.0964. The van der Waals surface area contributed by atoms with Crippen molar-refractivity contribution in [2.45, 2.75) is 18.8 Å². The summed E-state index contributed by atoms with van der Waals surface area (Å²) in [5, 5.41) is 10.2. The number of hydrogen-bond acceptors (Lipinski definition) is 4. The van der Waals surface area contributed by atoms with Crippen molar-refractivity contribution in [1.82, 2.24) is 10.6 Å². The number of halogens is 1. The summed E-state index contributed by atoms with van der Waals surface area (Å²) in [6.07, 6.45) is 2.23. The van der Waals surface area contributed by atoms with Gasteiger partial charge in [0.25, 0.3) is 5.91 Å². The molecule has 1 amide bonds. The number of furan rings is 1. The third kappa shape index (κ3) is 3.24. The van der Waals surface area contributed by atoms with Crippen LogP contribution in [0.4, 0.5) is 10.1 Å². The number of benzene rings is 2. The lowest BCUT2D eigenvalue weighted by Crippen LogP contribution is -2.28. The predicted octanol–water partition coefficient (Wildman–Crippen LogP) is 4.11. The Hall–Kier alpha value is -2.86. The second-order valence-electron chi connectivity index (χ2n) is 7.12. The Labute approximate surface area is 163 Å². The average molecular weight is 381 g/mol. The van der Waals surface area contributed by atoms with Crippen molar-refractivity contribution < 1.29 is 13.6 Å². The number of piperidine rings is 1. The highest BCUT2D eigenvalue weighted by Gasteiger charge is 2.25. The first-order valence-electron chi connectivity index (χ1n) is 9.59. The quantitative estimate of drug-likeness (QED) is 0.636. The van der Waals surface area contributed by atoms with Crippen molar-refractivity contribution >= 4 is 22.6 Å². The topological polar surface area (TPSA) is 66.3 Å². The monoisotopic (exact) mass is 381 g/mol. The van der Waals surface area contributed by atoms with Gasteiger partial charge in [-0.2, -0.15) is 0 Å². The largest absolute Gasteiger partial charge is 0.455 e. The maximum absolute atomic E-state index is 13.4. The van der Waals surface area contributed by atoms with E-state index in [-0.39, 0.29) is 11.7 Å². The van der Waals surface area contributed by atoms with Gasteiger partial charge in [-0.25, -0.2) is 4.39 Å². The summed E-state index contributed by atoms with van der Waals surface area (Å²) in [5.41, 5.74) is 3.97.